The van der Waals surface area contributed by atoms with E-state index in [0.29, 0.717) is 6.04 Å². The van der Waals surface area contributed by atoms with Gasteiger partial charge in [0.25, 0.3) is 0 Å². The maximum Gasteiger partial charge on any atom is 0.0120 e. The molecule has 1 unspecified atom stereocenters. The number of nitrogens with zero attached hydrogens (tertiary/aromatic N) is 1. The molecule has 0 fully saturated rings. The third-order valence-corrected chi connectivity index (χ3v) is 3.15. The summed E-state index contributed by atoms with van der Waals surface area (Å²) < 4.78 is 0. The van der Waals surface area contributed by atoms with E-state index in [-0.39, 0.29) is 0 Å². The smallest absolute Gasteiger partial charge is 0.0120 e. The Labute approximate surface area is 106 Å². The van der Waals surface area contributed by atoms with Gasteiger partial charge in [0.2, 0.25) is 0 Å². The van der Waals surface area contributed by atoms with E-state index in [1.165, 1.54) is 17.5 Å². The Hall–Kier alpha value is -0.860. The number of benzene rings is 1. The molecular formula is C15H26N2. The number of likely N-dealkylation sites (N-methyl/N-ethyl adjacent to an activating group) is 1. The van der Waals surface area contributed by atoms with E-state index in [2.05, 4.69) is 62.4 Å². The zero-order chi connectivity index (χ0) is 12.7. The van der Waals surface area contributed by atoms with Crippen LogP contribution < -0.4 is 5.32 Å². The number of aryl methyl sites for hydroxylation is 1. The van der Waals surface area contributed by atoms with Crippen molar-refractivity contribution in [3.8, 4) is 0 Å². The zero-order valence-corrected chi connectivity index (χ0v) is 11.7. The largest absolute Gasteiger partial charge is 0.314 e. The molecule has 0 aliphatic rings. The third kappa shape index (κ3) is 5.33. The first-order valence-electron chi connectivity index (χ1n) is 6.56. The first-order valence-corrected chi connectivity index (χ1v) is 6.56. The van der Waals surface area contributed by atoms with Gasteiger partial charge in [0.15, 0.2) is 0 Å². The second kappa shape index (κ2) is 7.46. The minimum atomic E-state index is 0.587. The molecule has 0 aliphatic carbocycles. The first kappa shape index (κ1) is 14.2. The highest BCUT2D eigenvalue weighted by Crippen LogP contribution is 2.11. The minimum Gasteiger partial charge on any atom is -0.314 e. The topological polar surface area (TPSA) is 15.3 Å². The van der Waals surface area contributed by atoms with Crippen molar-refractivity contribution in [3.05, 3.63) is 35.4 Å². The van der Waals surface area contributed by atoms with Crippen LogP contribution in [0.4, 0.5) is 0 Å². The van der Waals surface area contributed by atoms with Crippen LogP contribution in [0.15, 0.2) is 24.3 Å². The molecule has 1 aromatic rings. The lowest BCUT2D eigenvalue weighted by Crippen LogP contribution is -2.34. The van der Waals surface area contributed by atoms with Crippen molar-refractivity contribution in [1.29, 1.82) is 0 Å². The van der Waals surface area contributed by atoms with E-state index >= 15 is 0 Å². The Morgan fingerprint density at radius 3 is 2.53 bits per heavy atom. The molecule has 2 nitrogen and oxygen atoms in total. The van der Waals surface area contributed by atoms with Gasteiger partial charge in [0.1, 0.15) is 0 Å². The van der Waals surface area contributed by atoms with E-state index in [4.69, 9.17) is 0 Å². The first-order chi connectivity index (χ1) is 8.13. The normalized spacial score (nSPS) is 13.0. The number of hydrogen-bond acceptors (Lipinski definition) is 2. The van der Waals surface area contributed by atoms with Crippen molar-refractivity contribution in [2.45, 2.75) is 32.7 Å². The highest BCUT2D eigenvalue weighted by molar-refractivity contribution is 5.26. The molecule has 0 aromatic heterocycles. The van der Waals surface area contributed by atoms with Gasteiger partial charge in [-0.2, -0.15) is 0 Å². The van der Waals surface area contributed by atoms with E-state index < -0.39 is 0 Å². The van der Waals surface area contributed by atoms with Gasteiger partial charge in [0.05, 0.1) is 0 Å². The van der Waals surface area contributed by atoms with Crippen LogP contribution in [-0.2, 0) is 6.42 Å². The van der Waals surface area contributed by atoms with Crippen LogP contribution in [0.25, 0.3) is 0 Å². The molecule has 1 rings (SSSR count). The second-order valence-electron chi connectivity index (χ2n) is 4.98. The lowest BCUT2D eigenvalue weighted by Gasteiger charge is -2.21. The van der Waals surface area contributed by atoms with Crippen LogP contribution in [0.1, 0.15) is 24.5 Å². The van der Waals surface area contributed by atoms with Crippen molar-refractivity contribution in [2.75, 3.05) is 27.2 Å². The monoisotopic (exact) mass is 234 g/mol. The highest BCUT2D eigenvalue weighted by Gasteiger charge is 2.09. The standard InChI is InChI=1S/C15H26N2/c1-5-16-15(10-11-17(3)4)12-14-9-7-6-8-13(14)2/h6-9,15-16H,5,10-12H2,1-4H3. The summed E-state index contributed by atoms with van der Waals surface area (Å²) in [4.78, 5) is 2.25. The summed E-state index contributed by atoms with van der Waals surface area (Å²) in [5.74, 6) is 0. The molecule has 2 heteroatoms. The van der Waals surface area contributed by atoms with Crippen molar-refractivity contribution in [3.63, 3.8) is 0 Å². The molecule has 96 valence electrons. The summed E-state index contributed by atoms with van der Waals surface area (Å²) in [5, 5.41) is 3.59. The molecule has 1 N–H and O–H groups in total. The van der Waals surface area contributed by atoms with Crippen LogP contribution in [0.5, 0.6) is 0 Å². The van der Waals surface area contributed by atoms with Crippen LogP contribution >= 0.6 is 0 Å². The summed E-state index contributed by atoms with van der Waals surface area (Å²) >= 11 is 0. The average Bonchev–Trinajstić information content (AvgIpc) is 2.29. The van der Waals surface area contributed by atoms with Gasteiger partial charge < -0.3 is 10.2 Å². The fourth-order valence-corrected chi connectivity index (χ4v) is 2.08. The number of rotatable bonds is 7. The van der Waals surface area contributed by atoms with E-state index in [1.807, 2.05) is 0 Å². The van der Waals surface area contributed by atoms with Crippen LogP contribution in [0.3, 0.4) is 0 Å². The maximum atomic E-state index is 3.59. The number of nitrogens with one attached hydrogen (secondary N) is 1. The van der Waals surface area contributed by atoms with Gasteiger partial charge in [-0.05, 0) is 58.1 Å². The van der Waals surface area contributed by atoms with Gasteiger partial charge in [-0.25, -0.2) is 0 Å². The molecule has 1 atom stereocenters. The predicted molar refractivity (Wildman–Crippen MR) is 75.5 cm³/mol. The highest BCUT2D eigenvalue weighted by atomic mass is 15.1. The van der Waals surface area contributed by atoms with Crippen LogP contribution in [0, 0.1) is 6.92 Å². The maximum absolute atomic E-state index is 3.59. The molecule has 0 bridgehead atoms. The molecule has 0 saturated carbocycles. The molecule has 0 spiro atoms. The van der Waals surface area contributed by atoms with Crippen molar-refractivity contribution in [1.82, 2.24) is 10.2 Å². The van der Waals surface area contributed by atoms with Crippen LogP contribution in [0.2, 0.25) is 0 Å². The Balaban J connectivity index is 2.56. The molecule has 0 amide bonds. The van der Waals surface area contributed by atoms with Crippen molar-refractivity contribution < 1.29 is 0 Å². The van der Waals surface area contributed by atoms with Gasteiger partial charge in [0, 0.05) is 6.04 Å². The summed E-state index contributed by atoms with van der Waals surface area (Å²) in [7, 11) is 4.27. The van der Waals surface area contributed by atoms with Gasteiger partial charge in [-0.15, -0.1) is 0 Å². The Kier molecular flexibility index (Phi) is 6.23. The molecule has 17 heavy (non-hydrogen) atoms. The SMILES string of the molecule is CCNC(CCN(C)C)Cc1ccccc1C. The summed E-state index contributed by atoms with van der Waals surface area (Å²) in [6, 6.07) is 9.28. The summed E-state index contributed by atoms with van der Waals surface area (Å²) in [5.41, 5.74) is 2.87. The lowest BCUT2D eigenvalue weighted by molar-refractivity contribution is 0.358. The minimum absolute atomic E-state index is 0.587. The van der Waals surface area contributed by atoms with E-state index in [1.54, 1.807) is 0 Å². The lowest BCUT2D eigenvalue weighted by atomic mass is 9.99. The quantitative estimate of drug-likeness (QED) is 0.779. The predicted octanol–water partition coefficient (Wildman–Crippen LogP) is 2.47. The second-order valence-corrected chi connectivity index (χ2v) is 4.98. The van der Waals surface area contributed by atoms with Gasteiger partial charge in [-0.3, -0.25) is 0 Å². The van der Waals surface area contributed by atoms with Crippen molar-refractivity contribution >= 4 is 0 Å². The zero-order valence-electron chi connectivity index (χ0n) is 11.7. The molecule has 0 radical (unpaired) electrons. The van der Waals surface area contributed by atoms with Gasteiger partial charge in [-0.1, -0.05) is 31.2 Å². The summed E-state index contributed by atoms with van der Waals surface area (Å²) in [6.07, 6.45) is 2.34. The molecule has 1 aromatic carbocycles. The number of hydrogen-bond donors (Lipinski definition) is 1. The molecular weight excluding hydrogens is 208 g/mol. The van der Waals surface area contributed by atoms with E-state index in [0.717, 1.165) is 19.5 Å². The van der Waals surface area contributed by atoms with Gasteiger partial charge >= 0.3 is 0 Å². The fraction of sp³-hybridized carbons (Fsp3) is 0.600. The Morgan fingerprint density at radius 2 is 1.94 bits per heavy atom. The van der Waals surface area contributed by atoms with Crippen LogP contribution in [-0.4, -0.2) is 38.1 Å². The average molecular weight is 234 g/mol. The molecule has 0 saturated heterocycles. The Morgan fingerprint density at radius 1 is 1.24 bits per heavy atom. The molecule has 0 heterocycles. The van der Waals surface area contributed by atoms with Crippen molar-refractivity contribution in [2.24, 2.45) is 0 Å². The fourth-order valence-electron chi connectivity index (χ4n) is 2.08. The Bertz CT molecular complexity index is 320. The van der Waals surface area contributed by atoms with E-state index in [9.17, 15) is 0 Å². The molecule has 0 aliphatic heterocycles. The third-order valence-electron chi connectivity index (χ3n) is 3.15. The summed E-state index contributed by atoms with van der Waals surface area (Å²) in [6.45, 7) is 6.57.